The summed E-state index contributed by atoms with van der Waals surface area (Å²) in [7, 11) is 0. The van der Waals surface area contributed by atoms with Crippen molar-refractivity contribution in [2.75, 3.05) is 13.2 Å². The van der Waals surface area contributed by atoms with Crippen molar-refractivity contribution in [1.82, 2.24) is 0 Å². The van der Waals surface area contributed by atoms with E-state index in [0.717, 1.165) is 0 Å². The molecular weight excluding hydrogens is 264 g/mol. The van der Waals surface area contributed by atoms with Gasteiger partial charge in [-0.25, -0.2) is 4.79 Å². The van der Waals surface area contributed by atoms with Crippen molar-refractivity contribution < 1.29 is 19.4 Å². The zero-order valence-electron chi connectivity index (χ0n) is 7.77. The van der Waals surface area contributed by atoms with Crippen LogP contribution in [0.3, 0.4) is 0 Å². The van der Waals surface area contributed by atoms with Crippen molar-refractivity contribution in [3.63, 3.8) is 0 Å². The Labute approximate surface area is 94.9 Å². The SMILES string of the molecule is O=C(O)c1cccc(Br)c1OC1COC1. The second-order valence-electron chi connectivity index (χ2n) is 3.20. The molecule has 1 fully saturated rings. The van der Waals surface area contributed by atoms with Crippen LogP contribution in [0.2, 0.25) is 0 Å². The number of carboxylic acids is 1. The van der Waals surface area contributed by atoms with Crippen LogP contribution < -0.4 is 4.74 Å². The molecule has 1 N–H and O–H groups in total. The number of halogens is 1. The lowest BCUT2D eigenvalue weighted by molar-refractivity contribution is -0.0802. The van der Waals surface area contributed by atoms with Gasteiger partial charge in [0.25, 0.3) is 0 Å². The summed E-state index contributed by atoms with van der Waals surface area (Å²) in [6, 6.07) is 4.93. The summed E-state index contributed by atoms with van der Waals surface area (Å²) in [5.41, 5.74) is 0.163. The van der Waals surface area contributed by atoms with Crippen LogP contribution >= 0.6 is 15.9 Å². The number of hydrogen-bond acceptors (Lipinski definition) is 3. The van der Waals surface area contributed by atoms with E-state index in [1.54, 1.807) is 12.1 Å². The first-order chi connectivity index (χ1) is 7.18. The quantitative estimate of drug-likeness (QED) is 0.914. The molecule has 1 aromatic carbocycles. The molecular formula is C10H9BrO4. The molecule has 80 valence electrons. The maximum Gasteiger partial charge on any atom is 0.339 e. The summed E-state index contributed by atoms with van der Waals surface area (Å²) in [6.45, 7) is 1.03. The number of carboxylic acid groups (broad SMARTS) is 1. The highest BCUT2D eigenvalue weighted by Crippen LogP contribution is 2.30. The lowest BCUT2D eigenvalue weighted by Crippen LogP contribution is -2.39. The number of para-hydroxylation sites is 1. The summed E-state index contributed by atoms with van der Waals surface area (Å²) >= 11 is 3.27. The van der Waals surface area contributed by atoms with E-state index in [9.17, 15) is 4.79 Å². The first kappa shape index (κ1) is 10.4. The number of benzene rings is 1. The Morgan fingerprint density at radius 2 is 2.27 bits per heavy atom. The highest BCUT2D eigenvalue weighted by molar-refractivity contribution is 9.10. The molecule has 0 radical (unpaired) electrons. The van der Waals surface area contributed by atoms with Crippen molar-refractivity contribution >= 4 is 21.9 Å². The topological polar surface area (TPSA) is 55.8 Å². The van der Waals surface area contributed by atoms with Gasteiger partial charge in [-0.15, -0.1) is 0 Å². The van der Waals surface area contributed by atoms with Gasteiger partial charge in [-0.3, -0.25) is 0 Å². The van der Waals surface area contributed by atoms with Gasteiger partial charge in [0.2, 0.25) is 0 Å². The Balaban J connectivity index is 2.29. The third kappa shape index (κ3) is 2.13. The first-order valence-corrected chi connectivity index (χ1v) is 5.24. The second-order valence-corrected chi connectivity index (χ2v) is 4.05. The lowest BCUT2D eigenvalue weighted by atomic mass is 10.2. The molecule has 2 rings (SSSR count). The molecule has 0 unspecified atom stereocenters. The van der Waals surface area contributed by atoms with Gasteiger partial charge < -0.3 is 14.6 Å². The summed E-state index contributed by atoms with van der Waals surface area (Å²) in [5, 5.41) is 8.96. The number of ether oxygens (including phenoxy) is 2. The molecule has 1 aliphatic heterocycles. The van der Waals surface area contributed by atoms with E-state index in [1.807, 2.05) is 0 Å². The zero-order valence-corrected chi connectivity index (χ0v) is 9.36. The Hall–Kier alpha value is -1.07. The predicted molar refractivity (Wildman–Crippen MR) is 56.3 cm³/mol. The fourth-order valence-electron chi connectivity index (χ4n) is 1.25. The van der Waals surface area contributed by atoms with Gasteiger partial charge in [-0.05, 0) is 28.1 Å². The monoisotopic (exact) mass is 272 g/mol. The van der Waals surface area contributed by atoms with Gasteiger partial charge >= 0.3 is 5.97 Å². The number of aromatic carboxylic acids is 1. The maximum atomic E-state index is 10.9. The van der Waals surface area contributed by atoms with E-state index in [0.29, 0.717) is 23.4 Å². The van der Waals surface area contributed by atoms with Crippen LogP contribution in [-0.4, -0.2) is 30.4 Å². The fraction of sp³-hybridized carbons (Fsp3) is 0.300. The molecule has 0 atom stereocenters. The van der Waals surface area contributed by atoms with Crippen LogP contribution in [0.15, 0.2) is 22.7 Å². The van der Waals surface area contributed by atoms with Gasteiger partial charge in [0.1, 0.15) is 17.4 Å². The molecule has 1 aliphatic rings. The van der Waals surface area contributed by atoms with E-state index >= 15 is 0 Å². The van der Waals surface area contributed by atoms with E-state index < -0.39 is 5.97 Å². The summed E-state index contributed by atoms with van der Waals surface area (Å²) in [4.78, 5) is 10.9. The average Bonchev–Trinajstić information content (AvgIpc) is 2.12. The molecule has 15 heavy (non-hydrogen) atoms. The standard InChI is InChI=1S/C10H9BrO4/c11-8-3-1-2-7(10(12)13)9(8)15-6-4-14-5-6/h1-3,6H,4-5H2,(H,12,13). The normalized spacial score (nSPS) is 15.8. The molecule has 0 aromatic heterocycles. The number of carbonyl (C=O) groups is 1. The highest BCUT2D eigenvalue weighted by Gasteiger charge is 2.24. The molecule has 0 bridgehead atoms. The second kappa shape index (κ2) is 4.20. The zero-order chi connectivity index (χ0) is 10.8. The molecule has 0 aliphatic carbocycles. The minimum atomic E-state index is -0.994. The highest BCUT2D eigenvalue weighted by atomic mass is 79.9. The minimum absolute atomic E-state index is 0.0400. The number of rotatable bonds is 3. The van der Waals surface area contributed by atoms with Gasteiger partial charge in [0.15, 0.2) is 0 Å². The minimum Gasteiger partial charge on any atom is -0.484 e. The van der Waals surface area contributed by atoms with Gasteiger partial charge in [0, 0.05) is 0 Å². The van der Waals surface area contributed by atoms with E-state index in [2.05, 4.69) is 15.9 Å². The van der Waals surface area contributed by atoms with E-state index in [-0.39, 0.29) is 11.7 Å². The summed E-state index contributed by atoms with van der Waals surface area (Å²) in [6.07, 6.45) is -0.0400. The number of hydrogen-bond donors (Lipinski definition) is 1. The third-order valence-electron chi connectivity index (χ3n) is 2.09. The van der Waals surface area contributed by atoms with Gasteiger partial charge in [0.05, 0.1) is 17.7 Å². The van der Waals surface area contributed by atoms with Crippen LogP contribution in [-0.2, 0) is 4.74 Å². The van der Waals surface area contributed by atoms with Gasteiger partial charge in [-0.2, -0.15) is 0 Å². The largest absolute Gasteiger partial charge is 0.484 e. The molecule has 1 heterocycles. The Morgan fingerprint density at radius 3 is 2.80 bits per heavy atom. The summed E-state index contributed by atoms with van der Waals surface area (Å²) in [5.74, 6) is -0.621. The Bertz CT molecular complexity index is 387. The molecule has 0 saturated carbocycles. The van der Waals surface area contributed by atoms with Crippen molar-refractivity contribution in [1.29, 1.82) is 0 Å². The molecule has 4 nitrogen and oxygen atoms in total. The van der Waals surface area contributed by atoms with Crippen LogP contribution in [0.4, 0.5) is 0 Å². The average molecular weight is 273 g/mol. The molecule has 1 aromatic rings. The van der Waals surface area contributed by atoms with E-state index in [1.165, 1.54) is 6.07 Å². The summed E-state index contributed by atoms with van der Waals surface area (Å²) < 4.78 is 11.1. The van der Waals surface area contributed by atoms with Crippen LogP contribution in [0, 0.1) is 0 Å². The van der Waals surface area contributed by atoms with Crippen LogP contribution in [0.1, 0.15) is 10.4 Å². The van der Waals surface area contributed by atoms with Crippen molar-refractivity contribution in [2.45, 2.75) is 6.10 Å². The van der Waals surface area contributed by atoms with Crippen molar-refractivity contribution in [3.8, 4) is 5.75 Å². The smallest absolute Gasteiger partial charge is 0.339 e. The Morgan fingerprint density at radius 1 is 1.53 bits per heavy atom. The van der Waals surface area contributed by atoms with Gasteiger partial charge in [-0.1, -0.05) is 6.07 Å². The molecule has 1 saturated heterocycles. The van der Waals surface area contributed by atoms with Crippen molar-refractivity contribution in [3.05, 3.63) is 28.2 Å². The Kier molecular flexibility index (Phi) is 2.93. The lowest BCUT2D eigenvalue weighted by Gasteiger charge is -2.27. The van der Waals surface area contributed by atoms with Crippen LogP contribution in [0.25, 0.3) is 0 Å². The molecule has 0 spiro atoms. The van der Waals surface area contributed by atoms with Crippen LogP contribution in [0.5, 0.6) is 5.75 Å². The molecule has 5 heteroatoms. The third-order valence-corrected chi connectivity index (χ3v) is 2.71. The first-order valence-electron chi connectivity index (χ1n) is 4.44. The molecule has 0 amide bonds. The predicted octanol–water partition coefficient (Wildman–Crippen LogP) is 1.92. The maximum absolute atomic E-state index is 10.9. The van der Waals surface area contributed by atoms with Crippen molar-refractivity contribution in [2.24, 2.45) is 0 Å². The fourth-order valence-corrected chi connectivity index (χ4v) is 1.71. The van der Waals surface area contributed by atoms with E-state index in [4.69, 9.17) is 14.6 Å².